The van der Waals surface area contributed by atoms with Crippen molar-refractivity contribution >= 4 is 11.9 Å². The number of carboxylic acids is 1. The van der Waals surface area contributed by atoms with E-state index < -0.39 is 5.97 Å². The van der Waals surface area contributed by atoms with Crippen LogP contribution in [0, 0.1) is 13.8 Å². The molecule has 1 rings (SSSR count). The van der Waals surface area contributed by atoms with E-state index in [0.717, 1.165) is 11.3 Å². The van der Waals surface area contributed by atoms with Gasteiger partial charge < -0.3 is 14.9 Å². The summed E-state index contributed by atoms with van der Waals surface area (Å²) in [5, 5.41) is 15.3. The van der Waals surface area contributed by atoms with Crippen molar-refractivity contribution in [3.05, 3.63) is 17.0 Å². The molecular formula is C12H18N2O4. The van der Waals surface area contributed by atoms with E-state index >= 15 is 0 Å². The molecule has 100 valence electrons. The molecule has 0 bridgehead atoms. The second-order valence-electron chi connectivity index (χ2n) is 4.34. The molecule has 1 amide bonds. The van der Waals surface area contributed by atoms with Crippen molar-refractivity contribution in [2.45, 2.75) is 46.1 Å². The van der Waals surface area contributed by atoms with Crippen LogP contribution >= 0.6 is 0 Å². The average molecular weight is 254 g/mol. The topological polar surface area (TPSA) is 92.4 Å². The molecule has 18 heavy (non-hydrogen) atoms. The van der Waals surface area contributed by atoms with E-state index in [-0.39, 0.29) is 18.4 Å². The average Bonchev–Trinajstić information content (AvgIpc) is 2.56. The molecule has 0 saturated carbocycles. The maximum Gasteiger partial charge on any atom is 0.303 e. The molecule has 6 heteroatoms. The van der Waals surface area contributed by atoms with Gasteiger partial charge >= 0.3 is 5.97 Å². The number of aromatic nitrogens is 1. The smallest absolute Gasteiger partial charge is 0.303 e. The molecule has 0 radical (unpaired) electrons. The molecule has 0 fully saturated rings. The van der Waals surface area contributed by atoms with E-state index in [1.807, 2.05) is 6.92 Å². The lowest BCUT2D eigenvalue weighted by Gasteiger charge is -2.16. The first-order chi connectivity index (χ1) is 8.40. The fourth-order valence-electron chi connectivity index (χ4n) is 1.85. The predicted molar refractivity (Wildman–Crippen MR) is 64.2 cm³/mol. The lowest BCUT2D eigenvalue weighted by molar-refractivity contribution is -0.137. The molecule has 0 aromatic carbocycles. The zero-order valence-electron chi connectivity index (χ0n) is 10.8. The molecule has 6 nitrogen and oxygen atoms in total. The maximum atomic E-state index is 11.1. The van der Waals surface area contributed by atoms with E-state index in [1.54, 1.807) is 6.92 Å². The Morgan fingerprint density at radius 3 is 2.56 bits per heavy atom. The van der Waals surface area contributed by atoms with Crippen LogP contribution in [0.15, 0.2) is 4.52 Å². The van der Waals surface area contributed by atoms with Crippen molar-refractivity contribution in [1.82, 2.24) is 10.5 Å². The van der Waals surface area contributed by atoms with Gasteiger partial charge in [-0.1, -0.05) is 5.16 Å². The summed E-state index contributed by atoms with van der Waals surface area (Å²) in [5.74, 6) is -0.334. The minimum absolute atomic E-state index is 0.0221. The summed E-state index contributed by atoms with van der Waals surface area (Å²) < 4.78 is 5.05. The van der Waals surface area contributed by atoms with Crippen molar-refractivity contribution in [1.29, 1.82) is 0 Å². The fraction of sp³-hybridized carbons (Fsp3) is 0.583. The Morgan fingerprint density at radius 1 is 1.44 bits per heavy atom. The zero-order valence-corrected chi connectivity index (χ0v) is 10.8. The highest BCUT2D eigenvalue weighted by molar-refractivity contribution is 5.73. The number of nitrogens with zero attached hydrogens (tertiary/aromatic N) is 1. The Hall–Kier alpha value is -1.85. The molecule has 0 spiro atoms. The first kappa shape index (κ1) is 14.2. The second-order valence-corrected chi connectivity index (χ2v) is 4.34. The highest BCUT2D eigenvalue weighted by Crippen LogP contribution is 2.16. The maximum absolute atomic E-state index is 11.1. The molecule has 0 aliphatic carbocycles. The molecule has 0 saturated heterocycles. The number of rotatable bonds is 6. The van der Waals surface area contributed by atoms with Crippen molar-refractivity contribution < 1.29 is 19.2 Å². The summed E-state index contributed by atoms with van der Waals surface area (Å²) in [6.07, 6.45) is 0.946. The minimum Gasteiger partial charge on any atom is -0.481 e. The van der Waals surface area contributed by atoms with E-state index in [2.05, 4.69) is 10.5 Å². The van der Waals surface area contributed by atoms with Gasteiger partial charge in [-0.25, -0.2) is 0 Å². The van der Waals surface area contributed by atoms with Crippen LogP contribution in [0.4, 0.5) is 0 Å². The molecule has 1 heterocycles. The largest absolute Gasteiger partial charge is 0.481 e. The molecular weight excluding hydrogens is 236 g/mol. The van der Waals surface area contributed by atoms with Gasteiger partial charge in [-0.3, -0.25) is 9.59 Å². The van der Waals surface area contributed by atoms with Crippen LogP contribution in [-0.2, 0) is 16.0 Å². The molecule has 1 aromatic rings. The number of hydrogen-bond donors (Lipinski definition) is 2. The van der Waals surface area contributed by atoms with Crippen LogP contribution in [0.3, 0.4) is 0 Å². The summed E-state index contributed by atoms with van der Waals surface area (Å²) in [5.41, 5.74) is 1.71. The lowest BCUT2D eigenvalue weighted by Crippen LogP contribution is -2.35. The third kappa shape index (κ3) is 4.20. The van der Waals surface area contributed by atoms with Crippen LogP contribution < -0.4 is 5.32 Å². The lowest BCUT2D eigenvalue weighted by atomic mass is 10.0. The quantitative estimate of drug-likeness (QED) is 0.795. The van der Waals surface area contributed by atoms with E-state index in [9.17, 15) is 9.59 Å². The number of carboxylic acid groups (broad SMARTS) is 1. The predicted octanol–water partition coefficient (Wildman–Crippen LogP) is 1.20. The summed E-state index contributed by atoms with van der Waals surface area (Å²) in [7, 11) is 0. The number of aliphatic carboxylic acids is 1. The van der Waals surface area contributed by atoms with Crippen LogP contribution in [0.2, 0.25) is 0 Å². The highest BCUT2D eigenvalue weighted by atomic mass is 16.5. The Bertz CT molecular complexity index is 420. The van der Waals surface area contributed by atoms with Gasteiger partial charge in [0.1, 0.15) is 5.76 Å². The van der Waals surface area contributed by atoms with E-state index in [0.29, 0.717) is 18.6 Å². The van der Waals surface area contributed by atoms with Crippen molar-refractivity contribution in [2.75, 3.05) is 0 Å². The van der Waals surface area contributed by atoms with Crippen molar-refractivity contribution in [3.63, 3.8) is 0 Å². The zero-order chi connectivity index (χ0) is 13.7. The monoisotopic (exact) mass is 254 g/mol. The van der Waals surface area contributed by atoms with Gasteiger partial charge in [-0.15, -0.1) is 0 Å². The number of carbonyl (C=O) groups excluding carboxylic acids is 1. The van der Waals surface area contributed by atoms with Gasteiger partial charge in [0.15, 0.2) is 0 Å². The molecule has 0 aliphatic rings. The van der Waals surface area contributed by atoms with Gasteiger partial charge in [-0.2, -0.15) is 0 Å². The Labute approximate surface area is 105 Å². The van der Waals surface area contributed by atoms with Gasteiger partial charge in [-0.05, 0) is 26.7 Å². The highest BCUT2D eigenvalue weighted by Gasteiger charge is 2.17. The van der Waals surface area contributed by atoms with Crippen LogP contribution in [0.5, 0.6) is 0 Å². The van der Waals surface area contributed by atoms with Gasteiger partial charge in [0.25, 0.3) is 0 Å². The first-order valence-corrected chi connectivity index (χ1v) is 5.80. The molecule has 1 atom stereocenters. The molecule has 2 N–H and O–H groups in total. The van der Waals surface area contributed by atoms with Crippen molar-refractivity contribution in [3.8, 4) is 0 Å². The third-order valence-electron chi connectivity index (χ3n) is 2.75. The molecule has 0 aliphatic heterocycles. The van der Waals surface area contributed by atoms with Gasteiger partial charge in [0, 0.05) is 24.9 Å². The van der Waals surface area contributed by atoms with Crippen molar-refractivity contribution in [2.24, 2.45) is 0 Å². The summed E-state index contributed by atoms with van der Waals surface area (Å²) in [6, 6.07) is -0.213. The number of aryl methyl sites for hydroxylation is 2. The minimum atomic E-state index is -0.871. The summed E-state index contributed by atoms with van der Waals surface area (Å²) in [6.45, 7) is 5.05. The number of amides is 1. The Morgan fingerprint density at radius 2 is 2.11 bits per heavy atom. The van der Waals surface area contributed by atoms with Crippen LogP contribution in [0.1, 0.15) is 36.8 Å². The van der Waals surface area contributed by atoms with E-state index in [4.69, 9.17) is 9.63 Å². The van der Waals surface area contributed by atoms with E-state index in [1.165, 1.54) is 6.92 Å². The normalized spacial score (nSPS) is 12.2. The standard InChI is InChI=1S/C12H18N2O4/c1-7-11(8(2)18-14-7)6-10(13-9(3)15)4-5-12(16)17/h10H,4-6H2,1-3H3,(H,13,15)(H,16,17). The Balaban J connectivity index is 2.71. The summed E-state index contributed by atoms with van der Waals surface area (Å²) in [4.78, 5) is 21.7. The first-order valence-electron chi connectivity index (χ1n) is 5.80. The van der Waals surface area contributed by atoms with Crippen LogP contribution in [-0.4, -0.2) is 28.2 Å². The third-order valence-corrected chi connectivity index (χ3v) is 2.75. The summed E-state index contributed by atoms with van der Waals surface area (Å²) >= 11 is 0. The number of carbonyl (C=O) groups is 2. The number of nitrogens with one attached hydrogen (secondary N) is 1. The van der Waals surface area contributed by atoms with Crippen LogP contribution in [0.25, 0.3) is 0 Å². The number of hydrogen-bond acceptors (Lipinski definition) is 4. The van der Waals surface area contributed by atoms with Gasteiger partial charge in [0.05, 0.1) is 5.69 Å². The molecule has 1 aromatic heterocycles. The second kappa shape index (κ2) is 6.18. The Kier molecular flexibility index (Phi) is 4.88. The molecule has 1 unspecified atom stereocenters. The van der Waals surface area contributed by atoms with Gasteiger partial charge in [0.2, 0.25) is 5.91 Å². The fourth-order valence-corrected chi connectivity index (χ4v) is 1.85. The SMILES string of the molecule is CC(=O)NC(CCC(=O)O)Cc1c(C)noc1C.